The first-order chi connectivity index (χ1) is 11.6. The first-order valence-electron chi connectivity index (χ1n) is 7.62. The number of nitrogens with zero attached hydrogens (tertiary/aromatic N) is 2. The maximum Gasteiger partial charge on any atom is 0.256 e. The van der Waals surface area contributed by atoms with E-state index in [1.54, 1.807) is 25.6 Å². The Kier molecular flexibility index (Phi) is 4.56. The standard InChI is InChI=1S/C18H18N4O2/c1-22(12-17(23)21-10-13-5-4-8-19-9-13)18(24)15-11-20-16-7-3-2-6-14(15)16/h2-9,11,20H,10,12H2,1H3,(H,21,23). The van der Waals surface area contributed by atoms with Crippen LogP contribution in [0, 0.1) is 0 Å². The minimum absolute atomic E-state index is 0.00139. The van der Waals surface area contributed by atoms with Crippen molar-refractivity contribution in [2.45, 2.75) is 6.54 Å². The summed E-state index contributed by atoms with van der Waals surface area (Å²) in [6, 6.07) is 11.3. The lowest BCUT2D eigenvalue weighted by Crippen LogP contribution is -2.38. The number of hydrogen-bond donors (Lipinski definition) is 2. The number of carbonyl (C=O) groups excluding carboxylic acids is 2. The molecule has 0 spiro atoms. The molecule has 0 saturated heterocycles. The molecule has 6 nitrogen and oxygen atoms in total. The van der Waals surface area contributed by atoms with Gasteiger partial charge in [-0.25, -0.2) is 0 Å². The van der Waals surface area contributed by atoms with E-state index >= 15 is 0 Å². The summed E-state index contributed by atoms with van der Waals surface area (Å²) in [4.78, 5) is 33.1. The fourth-order valence-corrected chi connectivity index (χ4v) is 2.50. The Balaban J connectivity index is 1.60. The zero-order chi connectivity index (χ0) is 16.9. The Morgan fingerprint density at radius 3 is 2.83 bits per heavy atom. The quantitative estimate of drug-likeness (QED) is 0.753. The summed E-state index contributed by atoms with van der Waals surface area (Å²) in [6.45, 7) is 0.389. The molecule has 6 heteroatoms. The Morgan fingerprint density at radius 2 is 2.04 bits per heavy atom. The van der Waals surface area contributed by atoms with Crippen LogP contribution >= 0.6 is 0 Å². The van der Waals surface area contributed by atoms with Crippen molar-refractivity contribution in [1.29, 1.82) is 0 Å². The van der Waals surface area contributed by atoms with Gasteiger partial charge in [0.2, 0.25) is 5.91 Å². The van der Waals surface area contributed by atoms with Gasteiger partial charge in [-0.1, -0.05) is 24.3 Å². The third kappa shape index (κ3) is 3.43. The number of amides is 2. The van der Waals surface area contributed by atoms with Crippen molar-refractivity contribution in [3.63, 3.8) is 0 Å². The fourth-order valence-electron chi connectivity index (χ4n) is 2.50. The number of hydrogen-bond acceptors (Lipinski definition) is 3. The highest BCUT2D eigenvalue weighted by Crippen LogP contribution is 2.18. The number of likely N-dealkylation sites (N-methyl/N-ethyl adjacent to an activating group) is 1. The molecule has 2 N–H and O–H groups in total. The Hall–Kier alpha value is -3.15. The van der Waals surface area contributed by atoms with Gasteiger partial charge in [0.05, 0.1) is 12.1 Å². The van der Waals surface area contributed by atoms with E-state index < -0.39 is 0 Å². The lowest BCUT2D eigenvalue weighted by molar-refractivity contribution is -0.121. The number of fused-ring (bicyclic) bond motifs is 1. The monoisotopic (exact) mass is 322 g/mol. The highest BCUT2D eigenvalue weighted by Gasteiger charge is 2.18. The van der Waals surface area contributed by atoms with Gasteiger partial charge in [0, 0.05) is 43.1 Å². The van der Waals surface area contributed by atoms with Crippen LogP contribution in [-0.2, 0) is 11.3 Å². The molecule has 0 fully saturated rings. The Morgan fingerprint density at radius 1 is 1.21 bits per heavy atom. The largest absolute Gasteiger partial charge is 0.360 e. The zero-order valence-corrected chi connectivity index (χ0v) is 13.3. The molecule has 2 amide bonds. The van der Waals surface area contributed by atoms with Gasteiger partial charge in [-0.2, -0.15) is 0 Å². The van der Waals surface area contributed by atoms with Crippen LogP contribution in [0.4, 0.5) is 0 Å². The van der Waals surface area contributed by atoms with Gasteiger partial charge >= 0.3 is 0 Å². The van der Waals surface area contributed by atoms with E-state index in [2.05, 4.69) is 15.3 Å². The first-order valence-corrected chi connectivity index (χ1v) is 7.62. The SMILES string of the molecule is CN(CC(=O)NCc1cccnc1)C(=O)c1c[nH]c2ccccc12. The van der Waals surface area contributed by atoms with Crippen molar-refractivity contribution in [3.8, 4) is 0 Å². The summed E-state index contributed by atoms with van der Waals surface area (Å²) in [7, 11) is 1.62. The maximum absolute atomic E-state index is 12.5. The molecule has 2 heterocycles. The maximum atomic E-state index is 12.5. The molecular formula is C18H18N4O2. The molecule has 0 atom stereocenters. The highest BCUT2D eigenvalue weighted by atomic mass is 16.2. The number of pyridine rings is 1. The first kappa shape index (κ1) is 15.7. The predicted octanol–water partition coefficient (Wildman–Crippen LogP) is 1.95. The molecule has 1 aromatic carbocycles. The summed E-state index contributed by atoms with van der Waals surface area (Å²) in [5.41, 5.74) is 2.37. The number of carbonyl (C=O) groups is 2. The number of rotatable bonds is 5. The van der Waals surface area contributed by atoms with E-state index in [0.29, 0.717) is 12.1 Å². The van der Waals surface area contributed by atoms with Gasteiger partial charge < -0.3 is 15.2 Å². The molecular weight excluding hydrogens is 304 g/mol. The number of H-pyrrole nitrogens is 1. The van der Waals surface area contributed by atoms with Crippen molar-refractivity contribution >= 4 is 22.7 Å². The zero-order valence-electron chi connectivity index (χ0n) is 13.3. The average molecular weight is 322 g/mol. The summed E-state index contributed by atoms with van der Waals surface area (Å²) in [6.07, 6.45) is 5.05. The van der Waals surface area contributed by atoms with Crippen molar-refractivity contribution in [2.75, 3.05) is 13.6 Å². The van der Waals surface area contributed by atoms with E-state index in [1.165, 1.54) is 4.90 Å². The van der Waals surface area contributed by atoms with Crippen LogP contribution in [0.5, 0.6) is 0 Å². The molecule has 0 aliphatic heterocycles. The Labute approximate surface area is 139 Å². The molecule has 3 rings (SSSR count). The van der Waals surface area contributed by atoms with E-state index in [9.17, 15) is 9.59 Å². The number of aromatic amines is 1. The Bertz CT molecular complexity index is 858. The van der Waals surface area contributed by atoms with Crippen molar-refractivity contribution < 1.29 is 9.59 Å². The summed E-state index contributed by atoms with van der Waals surface area (Å²) < 4.78 is 0. The van der Waals surface area contributed by atoms with Gasteiger partial charge in [-0.3, -0.25) is 14.6 Å². The number of nitrogens with one attached hydrogen (secondary N) is 2. The minimum atomic E-state index is -0.213. The molecule has 0 unspecified atom stereocenters. The molecule has 24 heavy (non-hydrogen) atoms. The van der Waals surface area contributed by atoms with E-state index in [0.717, 1.165) is 16.5 Å². The molecule has 122 valence electrons. The van der Waals surface area contributed by atoms with Crippen molar-refractivity contribution in [1.82, 2.24) is 20.2 Å². The molecule has 3 aromatic rings. The van der Waals surface area contributed by atoms with Gasteiger partial charge in [0.1, 0.15) is 0 Å². The van der Waals surface area contributed by atoms with E-state index in [1.807, 2.05) is 36.4 Å². The summed E-state index contributed by atoms with van der Waals surface area (Å²) >= 11 is 0. The topological polar surface area (TPSA) is 78.1 Å². The second-order valence-corrected chi connectivity index (χ2v) is 5.55. The number of aromatic nitrogens is 2. The van der Waals surface area contributed by atoms with Gasteiger partial charge in [-0.05, 0) is 17.7 Å². The summed E-state index contributed by atoms with van der Waals surface area (Å²) in [5, 5.41) is 3.64. The molecule has 0 bridgehead atoms. The average Bonchev–Trinajstić information content (AvgIpc) is 3.04. The van der Waals surface area contributed by atoms with Crippen molar-refractivity contribution in [3.05, 3.63) is 66.1 Å². The van der Waals surface area contributed by atoms with Crippen molar-refractivity contribution in [2.24, 2.45) is 0 Å². The summed E-state index contributed by atoms with van der Waals surface area (Å²) in [5.74, 6) is -0.404. The van der Waals surface area contributed by atoms with Gasteiger partial charge in [0.25, 0.3) is 5.91 Å². The van der Waals surface area contributed by atoms with E-state index in [4.69, 9.17) is 0 Å². The van der Waals surface area contributed by atoms with E-state index in [-0.39, 0.29) is 18.4 Å². The molecule has 0 saturated carbocycles. The van der Waals surface area contributed by atoms with Crippen LogP contribution in [0.25, 0.3) is 10.9 Å². The third-order valence-electron chi connectivity index (χ3n) is 3.76. The molecule has 2 aromatic heterocycles. The second kappa shape index (κ2) is 6.95. The number of benzene rings is 1. The fraction of sp³-hybridized carbons (Fsp3) is 0.167. The third-order valence-corrected chi connectivity index (χ3v) is 3.76. The molecule has 0 aliphatic carbocycles. The second-order valence-electron chi connectivity index (χ2n) is 5.55. The van der Waals surface area contributed by atoms with Crippen LogP contribution in [0.2, 0.25) is 0 Å². The van der Waals surface area contributed by atoms with Gasteiger partial charge in [-0.15, -0.1) is 0 Å². The van der Waals surface area contributed by atoms with Crippen LogP contribution in [0.15, 0.2) is 55.0 Å². The van der Waals surface area contributed by atoms with Crippen LogP contribution in [0.3, 0.4) is 0 Å². The molecule has 0 aliphatic rings. The van der Waals surface area contributed by atoms with Crippen LogP contribution in [-0.4, -0.2) is 40.3 Å². The smallest absolute Gasteiger partial charge is 0.256 e. The normalized spacial score (nSPS) is 10.5. The minimum Gasteiger partial charge on any atom is -0.360 e. The predicted molar refractivity (Wildman–Crippen MR) is 91.3 cm³/mol. The number of para-hydroxylation sites is 1. The lowest BCUT2D eigenvalue weighted by atomic mass is 10.1. The highest BCUT2D eigenvalue weighted by molar-refractivity contribution is 6.07. The lowest BCUT2D eigenvalue weighted by Gasteiger charge is -2.16. The van der Waals surface area contributed by atoms with Crippen LogP contribution < -0.4 is 5.32 Å². The van der Waals surface area contributed by atoms with Crippen LogP contribution in [0.1, 0.15) is 15.9 Å². The van der Waals surface area contributed by atoms with Gasteiger partial charge in [0.15, 0.2) is 0 Å². The molecule has 0 radical (unpaired) electrons.